The van der Waals surface area contributed by atoms with Crippen molar-refractivity contribution in [1.82, 2.24) is 9.80 Å². The van der Waals surface area contributed by atoms with Crippen molar-refractivity contribution in [2.24, 2.45) is 0 Å². The predicted octanol–water partition coefficient (Wildman–Crippen LogP) is 2.72. The zero-order valence-electron chi connectivity index (χ0n) is 11.6. The van der Waals surface area contributed by atoms with Gasteiger partial charge in [0.05, 0.1) is 6.54 Å². The van der Waals surface area contributed by atoms with Crippen LogP contribution in [-0.4, -0.2) is 49.4 Å². The Morgan fingerprint density at radius 1 is 1.32 bits per heavy atom. The molecule has 2 rings (SSSR count). The molecule has 19 heavy (non-hydrogen) atoms. The number of hydrogen-bond acceptors (Lipinski definition) is 2. The summed E-state index contributed by atoms with van der Waals surface area (Å²) in [5, 5.41) is 0. The summed E-state index contributed by atoms with van der Waals surface area (Å²) < 4.78 is 1.19. The smallest absolute Gasteiger partial charge is 0.236 e. The Bertz CT molecular complexity index is 440. The Kier molecular flexibility index (Phi) is 4.99. The molecule has 0 aromatic heterocycles. The van der Waals surface area contributed by atoms with Gasteiger partial charge in [0.25, 0.3) is 0 Å². The minimum Gasteiger partial charge on any atom is -0.342 e. The van der Waals surface area contributed by atoms with E-state index in [0.29, 0.717) is 12.5 Å². The van der Waals surface area contributed by atoms with E-state index in [1.807, 2.05) is 30.0 Å². The third kappa shape index (κ3) is 3.80. The molecule has 1 aliphatic heterocycles. The lowest BCUT2D eigenvalue weighted by molar-refractivity contribution is -0.132. The molecule has 1 amide bonds. The summed E-state index contributed by atoms with van der Waals surface area (Å²) in [6.07, 6.45) is 2.11. The highest BCUT2D eigenvalue weighted by Gasteiger charge is 2.24. The first-order valence-corrected chi connectivity index (χ1v) is 7.54. The molecule has 1 fully saturated rings. The number of likely N-dealkylation sites (tertiary alicyclic amines) is 1. The minimum absolute atomic E-state index is 0.246. The lowest BCUT2D eigenvalue weighted by Gasteiger charge is -2.33. The summed E-state index contributed by atoms with van der Waals surface area (Å²) in [5.41, 5.74) is 1.38. The maximum Gasteiger partial charge on any atom is 0.236 e. The number of benzene rings is 1. The van der Waals surface area contributed by atoms with Crippen molar-refractivity contribution in [3.63, 3.8) is 0 Å². The van der Waals surface area contributed by atoms with Crippen LogP contribution in [0.25, 0.3) is 0 Å². The van der Waals surface area contributed by atoms with Crippen molar-refractivity contribution >= 4 is 21.8 Å². The maximum absolute atomic E-state index is 12.0. The van der Waals surface area contributed by atoms with E-state index in [1.54, 1.807) is 0 Å². The average molecular weight is 325 g/mol. The Hall–Kier alpha value is -0.870. The quantitative estimate of drug-likeness (QED) is 0.853. The summed E-state index contributed by atoms with van der Waals surface area (Å²) >= 11 is 3.62. The SMILES string of the molecule is CN(C)CC(=O)N1CCC(c2ccccc2Br)CC1. The monoisotopic (exact) mass is 324 g/mol. The molecule has 1 saturated heterocycles. The molecule has 0 saturated carbocycles. The Labute approximate surface area is 123 Å². The second-order valence-electron chi connectivity index (χ2n) is 5.41. The standard InChI is InChI=1S/C15H21BrN2O/c1-17(2)11-15(19)18-9-7-12(8-10-18)13-5-3-4-6-14(13)16/h3-6,12H,7-11H2,1-2H3. The van der Waals surface area contributed by atoms with E-state index in [1.165, 1.54) is 10.0 Å². The maximum atomic E-state index is 12.0. The molecule has 0 atom stereocenters. The van der Waals surface area contributed by atoms with E-state index in [0.717, 1.165) is 25.9 Å². The molecular formula is C15H21BrN2O. The van der Waals surface area contributed by atoms with Crippen LogP contribution in [0.4, 0.5) is 0 Å². The van der Waals surface area contributed by atoms with Gasteiger partial charge in [0.1, 0.15) is 0 Å². The number of nitrogens with zero attached hydrogens (tertiary/aromatic N) is 2. The number of hydrogen-bond donors (Lipinski definition) is 0. The largest absolute Gasteiger partial charge is 0.342 e. The number of amides is 1. The molecule has 0 N–H and O–H groups in total. The average Bonchev–Trinajstić information content (AvgIpc) is 2.39. The molecule has 0 radical (unpaired) electrons. The highest BCUT2D eigenvalue weighted by atomic mass is 79.9. The van der Waals surface area contributed by atoms with E-state index < -0.39 is 0 Å². The number of halogens is 1. The number of piperidine rings is 1. The van der Waals surface area contributed by atoms with Gasteiger partial charge in [-0.2, -0.15) is 0 Å². The first-order valence-electron chi connectivity index (χ1n) is 6.75. The summed E-state index contributed by atoms with van der Waals surface area (Å²) in [6.45, 7) is 2.26. The molecule has 1 aliphatic rings. The van der Waals surface area contributed by atoms with E-state index in [2.05, 4.69) is 34.1 Å². The molecule has 0 unspecified atom stereocenters. The van der Waals surface area contributed by atoms with E-state index in [-0.39, 0.29) is 5.91 Å². The highest BCUT2D eigenvalue weighted by Crippen LogP contribution is 2.32. The number of carbonyl (C=O) groups is 1. The Morgan fingerprint density at radius 2 is 1.95 bits per heavy atom. The van der Waals surface area contributed by atoms with Crippen molar-refractivity contribution in [2.45, 2.75) is 18.8 Å². The molecule has 104 valence electrons. The van der Waals surface area contributed by atoms with Gasteiger partial charge < -0.3 is 9.80 Å². The molecule has 3 nitrogen and oxygen atoms in total. The van der Waals surface area contributed by atoms with Gasteiger partial charge in [0, 0.05) is 17.6 Å². The van der Waals surface area contributed by atoms with Crippen LogP contribution in [0.1, 0.15) is 24.3 Å². The fourth-order valence-electron chi connectivity index (χ4n) is 2.62. The second kappa shape index (κ2) is 6.53. The summed E-state index contributed by atoms with van der Waals surface area (Å²) in [5.74, 6) is 0.814. The lowest BCUT2D eigenvalue weighted by atomic mass is 9.89. The van der Waals surface area contributed by atoms with Crippen LogP contribution in [0.2, 0.25) is 0 Å². The van der Waals surface area contributed by atoms with Gasteiger partial charge in [-0.25, -0.2) is 0 Å². The zero-order valence-corrected chi connectivity index (χ0v) is 13.2. The summed E-state index contributed by atoms with van der Waals surface area (Å²) in [7, 11) is 3.87. The molecule has 0 aliphatic carbocycles. The summed E-state index contributed by atoms with van der Waals surface area (Å²) in [6, 6.07) is 8.41. The Morgan fingerprint density at radius 3 is 2.53 bits per heavy atom. The van der Waals surface area contributed by atoms with Crippen molar-refractivity contribution in [1.29, 1.82) is 0 Å². The van der Waals surface area contributed by atoms with Crippen molar-refractivity contribution in [3.05, 3.63) is 34.3 Å². The number of likely N-dealkylation sites (N-methyl/N-ethyl adjacent to an activating group) is 1. The third-order valence-electron chi connectivity index (χ3n) is 3.64. The van der Waals surface area contributed by atoms with Gasteiger partial charge in [0.15, 0.2) is 0 Å². The van der Waals surface area contributed by atoms with Gasteiger partial charge in [0.2, 0.25) is 5.91 Å². The van der Waals surface area contributed by atoms with Crippen LogP contribution in [0.5, 0.6) is 0 Å². The van der Waals surface area contributed by atoms with Gasteiger partial charge in [-0.1, -0.05) is 34.1 Å². The molecule has 1 heterocycles. The van der Waals surface area contributed by atoms with Crippen LogP contribution < -0.4 is 0 Å². The van der Waals surface area contributed by atoms with Crippen LogP contribution in [0.15, 0.2) is 28.7 Å². The van der Waals surface area contributed by atoms with E-state index >= 15 is 0 Å². The van der Waals surface area contributed by atoms with Crippen LogP contribution in [0.3, 0.4) is 0 Å². The molecule has 0 bridgehead atoms. The van der Waals surface area contributed by atoms with E-state index in [4.69, 9.17) is 0 Å². The summed E-state index contributed by atoms with van der Waals surface area (Å²) in [4.78, 5) is 15.9. The first-order chi connectivity index (χ1) is 9.08. The normalized spacial score (nSPS) is 16.9. The van der Waals surface area contributed by atoms with Crippen LogP contribution in [-0.2, 0) is 4.79 Å². The molecule has 0 spiro atoms. The molecule has 1 aromatic carbocycles. The highest BCUT2D eigenvalue weighted by molar-refractivity contribution is 9.10. The number of rotatable bonds is 3. The fourth-order valence-corrected chi connectivity index (χ4v) is 3.23. The lowest BCUT2D eigenvalue weighted by Crippen LogP contribution is -2.42. The predicted molar refractivity (Wildman–Crippen MR) is 81.3 cm³/mol. The topological polar surface area (TPSA) is 23.6 Å². The van der Waals surface area contributed by atoms with Gasteiger partial charge in [-0.3, -0.25) is 4.79 Å². The van der Waals surface area contributed by atoms with E-state index in [9.17, 15) is 4.79 Å². The minimum atomic E-state index is 0.246. The second-order valence-corrected chi connectivity index (χ2v) is 6.27. The van der Waals surface area contributed by atoms with Gasteiger partial charge in [-0.05, 0) is 44.5 Å². The Balaban J connectivity index is 1.93. The third-order valence-corrected chi connectivity index (χ3v) is 4.37. The first kappa shape index (κ1) is 14.5. The molecule has 4 heteroatoms. The fraction of sp³-hybridized carbons (Fsp3) is 0.533. The van der Waals surface area contributed by atoms with Crippen molar-refractivity contribution in [3.8, 4) is 0 Å². The van der Waals surface area contributed by atoms with Gasteiger partial charge in [-0.15, -0.1) is 0 Å². The van der Waals surface area contributed by atoms with Crippen LogP contribution >= 0.6 is 15.9 Å². The van der Waals surface area contributed by atoms with Crippen molar-refractivity contribution in [2.75, 3.05) is 33.7 Å². The zero-order chi connectivity index (χ0) is 13.8. The van der Waals surface area contributed by atoms with Crippen LogP contribution in [0, 0.1) is 0 Å². The van der Waals surface area contributed by atoms with Gasteiger partial charge >= 0.3 is 0 Å². The molecule has 1 aromatic rings. The van der Waals surface area contributed by atoms with Crippen molar-refractivity contribution < 1.29 is 4.79 Å². The number of carbonyl (C=O) groups excluding carboxylic acids is 1. The molecular weight excluding hydrogens is 304 g/mol.